The maximum atomic E-state index is 13.3. The third-order valence-corrected chi connectivity index (χ3v) is 7.35. The summed E-state index contributed by atoms with van der Waals surface area (Å²) in [7, 11) is 0. The number of likely N-dealkylation sites (tertiary alicyclic amines) is 1. The molecule has 158 valence electrons. The van der Waals surface area contributed by atoms with E-state index in [2.05, 4.69) is 39.4 Å². The predicted molar refractivity (Wildman–Crippen MR) is 117 cm³/mol. The van der Waals surface area contributed by atoms with Gasteiger partial charge in [0.25, 0.3) is 0 Å². The van der Waals surface area contributed by atoms with Crippen LogP contribution in [0, 0.1) is 5.92 Å². The van der Waals surface area contributed by atoms with Gasteiger partial charge in [0.05, 0.1) is 6.04 Å². The first kappa shape index (κ1) is 19.4. The molecule has 2 saturated heterocycles. The monoisotopic (exact) mass is 405 g/mol. The molecule has 3 aliphatic heterocycles. The molecule has 5 heteroatoms. The lowest BCUT2D eigenvalue weighted by Gasteiger charge is -2.52. The molecule has 2 fully saturated rings. The second-order valence-corrected chi connectivity index (χ2v) is 9.12. The van der Waals surface area contributed by atoms with E-state index >= 15 is 0 Å². The summed E-state index contributed by atoms with van der Waals surface area (Å²) in [4.78, 5) is 18.0. The topological polar surface area (TPSA) is 55.8 Å². The second-order valence-electron chi connectivity index (χ2n) is 9.12. The number of hydrogen-bond donors (Lipinski definition) is 2. The molecule has 0 bridgehead atoms. The highest BCUT2D eigenvalue weighted by Gasteiger charge is 2.44. The number of nitrogens with zero attached hydrogens (tertiary/aromatic N) is 2. The Morgan fingerprint density at radius 3 is 2.90 bits per heavy atom. The van der Waals surface area contributed by atoms with Gasteiger partial charge in [0.2, 0.25) is 0 Å². The number of rotatable bonds is 2. The van der Waals surface area contributed by atoms with Crippen molar-refractivity contribution in [2.24, 2.45) is 5.92 Å². The molecule has 0 aromatic heterocycles. The highest BCUT2D eigenvalue weighted by Crippen LogP contribution is 2.42. The minimum Gasteiger partial charge on any atom is -0.508 e. The van der Waals surface area contributed by atoms with Crippen molar-refractivity contribution >= 4 is 6.03 Å². The molecule has 3 aliphatic rings. The predicted octanol–water partition coefficient (Wildman–Crippen LogP) is 4.25. The van der Waals surface area contributed by atoms with Crippen molar-refractivity contribution in [3.05, 3.63) is 65.2 Å². The van der Waals surface area contributed by atoms with E-state index in [0.717, 1.165) is 44.5 Å². The van der Waals surface area contributed by atoms with Crippen LogP contribution in [0.3, 0.4) is 0 Å². The van der Waals surface area contributed by atoms with E-state index < -0.39 is 0 Å². The van der Waals surface area contributed by atoms with Gasteiger partial charge < -0.3 is 15.3 Å². The fourth-order valence-corrected chi connectivity index (χ4v) is 5.79. The minimum absolute atomic E-state index is 0.0260. The number of carbonyl (C=O) groups is 1. The van der Waals surface area contributed by atoms with Crippen LogP contribution in [0.5, 0.6) is 5.75 Å². The number of nitrogens with one attached hydrogen (secondary N) is 1. The zero-order chi connectivity index (χ0) is 20.7. The normalized spacial score (nSPS) is 26.8. The molecule has 4 atom stereocenters. The van der Waals surface area contributed by atoms with E-state index in [1.807, 2.05) is 19.1 Å². The van der Waals surface area contributed by atoms with Gasteiger partial charge in [-0.1, -0.05) is 36.4 Å². The van der Waals surface area contributed by atoms with Gasteiger partial charge in [-0.05, 0) is 67.3 Å². The summed E-state index contributed by atoms with van der Waals surface area (Å²) >= 11 is 0. The summed E-state index contributed by atoms with van der Waals surface area (Å²) in [5.74, 6) is 0.789. The second kappa shape index (κ2) is 7.95. The Bertz CT molecular complexity index is 930. The summed E-state index contributed by atoms with van der Waals surface area (Å²) in [6.07, 6.45) is 4.44. The van der Waals surface area contributed by atoms with Crippen molar-refractivity contribution < 1.29 is 9.90 Å². The van der Waals surface area contributed by atoms with Crippen molar-refractivity contribution in [3.8, 4) is 5.75 Å². The summed E-state index contributed by atoms with van der Waals surface area (Å²) in [6, 6.07) is 16.6. The largest absolute Gasteiger partial charge is 0.508 e. The fraction of sp³-hybridized carbons (Fsp3) is 0.480. The van der Waals surface area contributed by atoms with Crippen LogP contribution in [-0.4, -0.2) is 46.6 Å². The van der Waals surface area contributed by atoms with Gasteiger partial charge in [-0.2, -0.15) is 0 Å². The molecule has 2 aromatic rings. The van der Waals surface area contributed by atoms with E-state index in [1.54, 1.807) is 12.1 Å². The standard InChI is InChI=1S/C25H31N3O2/c1-17(19-7-4-9-21(29)14-19)26-25(30)28-12-5-8-20-16-27-13-11-18-6-2-3-10-22(18)24(27)15-23(20)28/h2-4,6-7,9-10,14,17,20,23-24,29H,5,8,11-13,15-16H2,1H3,(H,26,30)/t17-,20-,23+,24+/m1/s1. The summed E-state index contributed by atoms with van der Waals surface area (Å²) in [6.45, 7) is 5.03. The number of carbonyl (C=O) groups excluding carboxylic acids is 1. The third-order valence-electron chi connectivity index (χ3n) is 7.35. The van der Waals surface area contributed by atoms with Gasteiger partial charge in [0, 0.05) is 31.7 Å². The van der Waals surface area contributed by atoms with Crippen LogP contribution in [0.2, 0.25) is 0 Å². The molecule has 30 heavy (non-hydrogen) atoms. The first-order chi connectivity index (χ1) is 14.6. The number of amides is 2. The van der Waals surface area contributed by atoms with Crippen molar-refractivity contribution in [3.63, 3.8) is 0 Å². The fourth-order valence-electron chi connectivity index (χ4n) is 5.79. The van der Waals surface area contributed by atoms with Crippen LogP contribution >= 0.6 is 0 Å². The van der Waals surface area contributed by atoms with Crippen LogP contribution in [0.4, 0.5) is 4.79 Å². The molecule has 5 nitrogen and oxygen atoms in total. The molecule has 5 rings (SSSR count). The number of hydrogen-bond acceptors (Lipinski definition) is 3. The lowest BCUT2D eigenvalue weighted by atomic mass is 9.77. The van der Waals surface area contributed by atoms with Gasteiger partial charge in [-0.3, -0.25) is 4.90 Å². The van der Waals surface area contributed by atoms with Gasteiger partial charge in [0.1, 0.15) is 5.75 Å². The summed E-state index contributed by atoms with van der Waals surface area (Å²) < 4.78 is 0. The maximum absolute atomic E-state index is 13.3. The van der Waals surface area contributed by atoms with E-state index in [1.165, 1.54) is 17.5 Å². The molecular weight excluding hydrogens is 374 g/mol. The molecular formula is C25H31N3O2. The lowest BCUT2D eigenvalue weighted by molar-refractivity contribution is 0.00533. The van der Waals surface area contributed by atoms with Crippen LogP contribution in [-0.2, 0) is 6.42 Å². The van der Waals surface area contributed by atoms with Gasteiger partial charge in [-0.25, -0.2) is 4.79 Å². The molecule has 3 heterocycles. The highest BCUT2D eigenvalue weighted by molar-refractivity contribution is 5.75. The number of fused-ring (bicyclic) bond motifs is 4. The highest BCUT2D eigenvalue weighted by atomic mass is 16.3. The number of benzene rings is 2. The Hall–Kier alpha value is -2.53. The average molecular weight is 406 g/mol. The van der Waals surface area contributed by atoms with E-state index in [-0.39, 0.29) is 17.8 Å². The van der Waals surface area contributed by atoms with E-state index in [4.69, 9.17) is 0 Å². The first-order valence-electron chi connectivity index (χ1n) is 11.3. The maximum Gasteiger partial charge on any atom is 0.318 e. The Balaban J connectivity index is 1.33. The summed E-state index contributed by atoms with van der Waals surface area (Å²) in [5.41, 5.74) is 3.86. The minimum atomic E-state index is -0.138. The molecule has 2 amide bonds. The van der Waals surface area contributed by atoms with Gasteiger partial charge in [0.15, 0.2) is 0 Å². The van der Waals surface area contributed by atoms with Crippen LogP contribution in [0.15, 0.2) is 48.5 Å². The number of aromatic hydroxyl groups is 1. The number of phenols is 1. The number of piperidine rings is 2. The van der Waals surface area contributed by atoms with Crippen LogP contribution in [0.25, 0.3) is 0 Å². The molecule has 2 N–H and O–H groups in total. The quantitative estimate of drug-likeness (QED) is 0.786. The Labute approximate surface area is 178 Å². The smallest absolute Gasteiger partial charge is 0.318 e. The van der Waals surface area contributed by atoms with Crippen molar-refractivity contribution in [2.45, 2.75) is 50.7 Å². The Morgan fingerprint density at radius 2 is 2.03 bits per heavy atom. The lowest BCUT2D eigenvalue weighted by Crippen LogP contribution is -2.59. The molecule has 0 saturated carbocycles. The molecule has 0 spiro atoms. The number of urea groups is 1. The Kier molecular flexibility index (Phi) is 5.15. The Morgan fingerprint density at radius 1 is 1.17 bits per heavy atom. The average Bonchev–Trinajstić information content (AvgIpc) is 2.77. The van der Waals surface area contributed by atoms with Crippen LogP contribution < -0.4 is 5.32 Å². The molecule has 2 aromatic carbocycles. The van der Waals surface area contributed by atoms with Crippen molar-refractivity contribution in [1.29, 1.82) is 0 Å². The van der Waals surface area contributed by atoms with E-state index in [9.17, 15) is 9.90 Å². The molecule has 0 unspecified atom stereocenters. The van der Waals surface area contributed by atoms with Gasteiger partial charge >= 0.3 is 6.03 Å². The molecule has 0 radical (unpaired) electrons. The van der Waals surface area contributed by atoms with E-state index in [0.29, 0.717) is 18.0 Å². The zero-order valence-electron chi connectivity index (χ0n) is 17.6. The first-order valence-corrected chi connectivity index (χ1v) is 11.3. The van der Waals surface area contributed by atoms with Crippen molar-refractivity contribution in [2.75, 3.05) is 19.6 Å². The number of phenolic OH excluding ortho intramolecular Hbond substituents is 1. The zero-order valence-corrected chi connectivity index (χ0v) is 17.6. The third kappa shape index (κ3) is 3.56. The van der Waals surface area contributed by atoms with Gasteiger partial charge in [-0.15, -0.1) is 0 Å². The SMILES string of the molecule is C[C@@H](NC(=O)N1CCC[C@@H]2CN3CCc4ccccc4[C@@H]3C[C@@H]21)c1cccc(O)c1. The van der Waals surface area contributed by atoms with Crippen molar-refractivity contribution in [1.82, 2.24) is 15.1 Å². The summed E-state index contributed by atoms with van der Waals surface area (Å²) in [5, 5.41) is 12.9. The van der Waals surface area contributed by atoms with Crippen LogP contribution in [0.1, 0.15) is 55.0 Å². The molecule has 0 aliphatic carbocycles.